The molecule has 3 unspecified atom stereocenters. The molecule has 1 aromatic carbocycles. The number of para-hydroxylation sites is 1. The van der Waals surface area contributed by atoms with Gasteiger partial charge in [-0.2, -0.15) is 0 Å². The van der Waals surface area contributed by atoms with E-state index in [1.54, 1.807) is 11.1 Å². The Balaban J connectivity index is 2.16. The van der Waals surface area contributed by atoms with Crippen LogP contribution in [0.2, 0.25) is 0 Å². The molecule has 0 aromatic heterocycles. The smallest absolute Gasteiger partial charge is 0.0396 e. The van der Waals surface area contributed by atoms with E-state index in [9.17, 15) is 0 Å². The zero-order chi connectivity index (χ0) is 23.9. The molecule has 3 atom stereocenters. The molecule has 1 heterocycles. The Morgan fingerprint density at radius 3 is 2.55 bits per heavy atom. The Morgan fingerprint density at radius 1 is 1.03 bits per heavy atom. The third-order valence-electron chi connectivity index (χ3n) is 7.60. The summed E-state index contributed by atoms with van der Waals surface area (Å²) in [5.74, 6) is 2.46. The molecule has 0 saturated carbocycles. The van der Waals surface area contributed by atoms with Gasteiger partial charge in [0, 0.05) is 19.3 Å². The zero-order valence-electron chi connectivity index (χ0n) is 22.4. The number of fused-ring (bicyclic) bond motifs is 1. The van der Waals surface area contributed by atoms with Crippen LogP contribution in [-0.4, -0.2) is 13.6 Å². The van der Waals surface area contributed by atoms with Gasteiger partial charge in [0.1, 0.15) is 0 Å². The average molecular weight is 450 g/mol. The first kappa shape index (κ1) is 27.5. The van der Waals surface area contributed by atoms with Crippen LogP contribution in [0, 0.1) is 17.8 Å². The lowest BCUT2D eigenvalue weighted by molar-refractivity contribution is 0.240. The molecule has 0 radical (unpaired) electrons. The molecular weight excluding hydrogens is 398 g/mol. The van der Waals surface area contributed by atoms with E-state index in [1.807, 2.05) is 0 Å². The minimum atomic E-state index is 0.800. The largest absolute Gasteiger partial charge is 0.374 e. The van der Waals surface area contributed by atoms with Crippen LogP contribution in [0.4, 0.5) is 5.69 Å². The second-order valence-corrected chi connectivity index (χ2v) is 10.3. The van der Waals surface area contributed by atoms with Crippen LogP contribution >= 0.6 is 0 Å². The number of benzene rings is 1. The summed E-state index contributed by atoms with van der Waals surface area (Å²) in [6.45, 7) is 10.2. The lowest BCUT2D eigenvalue weighted by Gasteiger charge is -2.31. The molecule has 0 spiro atoms. The van der Waals surface area contributed by atoms with Gasteiger partial charge in [-0.05, 0) is 81.8 Å². The Bertz CT molecular complexity index is 741. The third kappa shape index (κ3) is 9.55. The van der Waals surface area contributed by atoms with E-state index in [-0.39, 0.29) is 0 Å². The molecule has 0 fully saturated rings. The first-order chi connectivity index (χ1) is 16.1. The number of rotatable bonds is 14. The van der Waals surface area contributed by atoms with Gasteiger partial charge < -0.3 is 4.90 Å². The topological polar surface area (TPSA) is 3.24 Å². The Labute approximate surface area is 206 Å². The van der Waals surface area contributed by atoms with Crippen molar-refractivity contribution in [2.75, 3.05) is 18.5 Å². The van der Waals surface area contributed by atoms with Crippen LogP contribution in [0.1, 0.15) is 97.5 Å². The van der Waals surface area contributed by atoms with Crippen LogP contribution < -0.4 is 4.90 Å². The monoisotopic (exact) mass is 449 g/mol. The quantitative estimate of drug-likeness (QED) is 0.202. The Hall–Kier alpha value is -1.76. The molecule has 2 rings (SSSR count). The van der Waals surface area contributed by atoms with Gasteiger partial charge in [-0.3, -0.25) is 0 Å². The number of hydrogen-bond acceptors (Lipinski definition) is 1. The fourth-order valence-electron chi connectivity index (χ4n) is 5.62. The van der Waals surface area contributed by atoms with Crippen molar-refractivity contribution in [1.82, 2.24) is 0 Å². The van der Waals surface area contributed by atoms with E-state index in [4.69, 9.17) is 0 Å². The summed E-state index contributed by atoms with van der Waals surface area (Å²) in [5.41, 5.74) is 4.62. The molecule has 1 heteroatoms. The predicted molar refractivity (Wildman–Crippen MR) is 149 cm³/mol. The molecule has 0 amide bonds. The molecule has 1 aliphatic heterocycles. The molecule has 0 aliphatic carbocycles. The molecule has 1 nitrogen and oxygen atoms in total. The highest BCUT2D eigenvalue weighted by Gasteiger charge is 2.30. The number of allylic oxidation sites excluding steroid dienone is 6. The summed E-state index contributed by atoms with van der Waals surface area (Å²) in [7, 11) is 2.32. The maximum Gasteiger partial charge on any atom is 0.0396 e. The van der Waals surface area contributed by atoms with E-state index in [2.05, 4.69) is 94.3 Å². The number of nitrogens with zero attached hydrogens (tertiary/aromatic N) is 1. The first-order valence-corrected chi connectivity index (χ1v) is 13.8. The van der Waals surface area contributed by atoms with Crippen LogP contribution in [0.3, 0.4) is 0 Å². The standard InChI is InChI=1S/C32H51N/c1-6-10-16-27(17-11-7-2)22-23-28(18-12-8-3)24-31-26-33(5)32-21-15-14-20-30(32)25-29(31)19-13-9-4/h6-7,10-11,14-16,20-21,28-29,31H,8-9,12-13,17-19,22-26H2,1-5H3/b10-6-,11-7-,27-16+. The minimum Gasteiger partial charge on any atom is -0.374 e. The average Bonchev–Trinajstić information content (AvgIpc) is 2.96. The molecule has 0 saturated heterocycles. The van der Waals surface area contributed by atoms with Crippen molar-refractivity contribution in [2.45, 2.75) is 98.3 Å². The molecule has 33 heavy (non-hydrogen) atoms. The van der Waals surface area contributed by atoms with Gasteiger partial charge in [0.2, 0.25) is 0 Å². The summed E-state index contributed by atoms with van der Waals surface area (Å²) in [5, 5.41) is 0. The minimum absolute atomic E-state index is 0.800. The Morgan fingerprint density at radius 2 is 1.82 bits per heavy atom. The van der Waals surface area contributed by atoms with Crippen molar-refractivity contribution in [3.63, 3.8) is 0 Å². The van der Waals surface area contributed by atoms with Gasteiger partial charge in [-0.1, -0.05) is 100 Å². The SMILES string of the molecule is C/C=C\C=C(/C/C=C\C)CCC(CCCC)CC1CN(C)c2ccccc2CC1CCCC. The summed E-state index contributed by atoms with van der Waals surface area (Å²) < 4.78 is 0. The van der Waals surface area contributed by atoms with Crippen LogP contribution in [0.15, 0.2) is 60.2 Å². The molecule has 184 valence electrons. The normalized spacial score (nSPS) is 20.4. The second-order valence-electron chi connectivity index (χ2n) is 10.3. The van der Waals surface area contributed by atoms with E-state index >= 15 is 0 Å². The molecule has 0 N–H and O–H groups in total. The van der Waals surface area contributed by atoms with Gasteiger partial charge in [0.25, 0.3) is 0 Å². The summed E-state index contributed by atoms with van der Waals surface area (Å²) in [4.78, 5) is 2.56. The van der Waals surface area contributed by atoms with Gasteiger partial charge in [-0.15, -0.1) is 0 Å². The van der Waals surface area contributed by atoms with Crippen LogP contribution in [0.25, 0.3) is 0 Å². The van der Waals surface area contributed by atoms with Crippen molar-refractivity contribution < 1.29 is 0 Å². The molecular formula is C32H51N. The van der Waals surface area contributed by atoms with Crippen molar-refractivity contribution in [2.24, 2.45) is 17.8 Å². The maximum atomic E-state index is 2.56. The number of anilines is 1. The highest BCUT2D eigenvalue weighted by Crippen LogP contribution is 2.38. The molecule has 1 aliphatic rings. The highest BCUT2D eigenvalue weighted by atomic mass is 15.1. The van der Waals surface area contributed by atoms with Gasteiger partial charge in [0.05, 0.1) is 0 Å². The van der Waals surface area contributed by atoms with Crippen LogP contribution in [-0.2, 0) is 6.42 Å². The fraction of sp³-hybridized carbons (Fsp3) is 0.625. The number of unbranched alkanes of at least 4 members (excludes halogenated alkanes) is 2. The summed E-state index contributed by atoms with van der Waals surface area (Å²) in [6, 6.07) is 9.16. The lowest BCUT2D eigenvalue weighted by atomic mass is 9.76. The summed E-state index contributed by atoms with van der Waals surface area (Å²) in [6.07, 6.45) is 25.7. The predicted octanol–water partition coefficient (Wildman–Crippen LogP) is 9.55. The van der Waals surface area contributed by atoms with Gasteiger partial charge >= 0.3 is 0 Å². The van der Waals surface area contributed by atoms with Crippen molar-refractivity contribution in [3.8, 4) is 0 Å². The van der Waals surface area contributed by atoms with Crippen molar-refractivity contribution >= 4 is 5.69 Å². The zero-order valence-corrected chi connectivity index (χ0v) is 22.4. The maximum absolute atomic E-state index is 2.56. The fourth-order valence-corrected chi connectivity index (χ4v) is 5.62. The van der Waals surface area contributed by atoms with E-state index in [0.717, 1.165) is 24.2 Å². The molecule has 1 aromatic rings. The van der Waals surface area contributed by atoms with E-state index < -0.39 is 0 Å². The molecule has 0 bridgehead atoms. The third-order valence-corrected chi connectivity index (χ3v) is 7.60. The lowest BCUT2D eigenvalue weighted by Crippen LogP contribution is -2.30. The van der Waals surface area contributed by atoms with Crippen molar-refractivity contribution in [1.29, 1.82) is 0 Å². The van der Waals surface area contributed by atoms with Gasteiger partial charge in [-0.25, -0.2) is 0 Å². The summed E-state index contributed by atoms with van der Waals surface area (Å²) >= 11 is 0. The number of hydrogen-bond donors (Lipinski definition) is 0. The van der Waals surface area contributed by atoms with E-state index in [1.165, 1.54) is 76.4 Å². The Kier molecular flexibility index (Phi) is 13.3. The first-order valence-electron chi connectivity index (χ1n) is 13.8. The van der Waals surface area contributed by atoms with Crippen molar-refractivity contribution in [3.05, 3.63) is 65.8 Å². The van der Waals surface area contributed by atoms with Gasteiger partial charge in [0.15, 0.2) is 0 Å². The highest BCUT2D eigenvalue weighted by molar-refractivity contribution is 5.54. The second kappa shape index (κ2) is 16.0. The van der Waals surface area contributed by atoms with Crippen LogP contribution in [0.5, 0.6) is 0 Å². The van der Waals surface area contributed by atoms with E-state index in [0.29, 0.717) is 0 Å².